The minimum Gasteiger partial charge on any atom is -0.447 e. The van der Waals surface area contributed by atoms with Gasteiger partial charge >= 0.3 is 6.09 Å². The molecule has 39 heavy (non-hydrogen) atoms. The van der Waals surface area contributed by atoms with Gasteiger partial charge in [-0.1, -0.05) is 42.5 Å². The van der Waals surface area contributed by atoms with Crippen molar-refractivity contribution in [2.24, 2.45) is 0 Å². The van der Waals surface area contributed by atoms with Gasteiger partial charge in [0.05, 0.1) is 13.2 Å². The Balaban J connectivity index is 1.44. The molecule has 10 heteroatoms. The van der Waals surface area contributed by atoms with Crippen molar-refractivity contribution in [3.05, 3.63) is 71.3 Å². The van der Waals surface area contributed by atoms with Gasteiger partial charge in [0.2, 0.25) is 5.91 Å². The summed E-state index contributed by atoms with van der Waals surface area (Å²) in [6, 6.07) is 15.6. The summed E-state index contributed by atoms with van der Waals surface area (Å²) in [5.74, 6) is -0.288. The summed E-state index contributed by atoms with van der Waals surface area (Å²) < 4.78 is 15.9. The lowest BCUT2D eigenvalue weighted by Gasteiger charge is -2.18. The number of amides is 3. The number of ketones is 1. The number of rotatable bonds is 18. The summed E-state index contributed by atoms with van der Waals surface area (Å²) in [6.07, 6.45) is 0.760. The maximum Gasteiger partial charge on any atom is 0.407 e. The number of likely N-dealkylation sites (N-methyl/N-ethyl adjacent to an activating group) is 1. The zero-order valence-electron chi connectivity index (χ0n) is 22.8. The Bertz CT molecular complexity index is 1030. The number of carbonyl (C=O) groups is 4. The van der Waals surface area contributed by atoms with Gasteiger partial charge in [-0.2, -0.15) is 0 Å². The van der Waals surface area contributed by atoms with Crippen molar-refractivity contribution in [1.29, 1.82) is 0 Å². The van der Waals surface area contributed by atoms with E-state index in [9.17, 15) is 19.2 Å². The van der Waals surface area contributed by atoms with Crippen LogP contribution in [0.15, 0.2) is 54.6 Å². The molecule has 2 aromatic rings. The number of carbonyl (C=O) groups excluding carboxylic acids is 4. The normalized spacial score (nSPS) is 10.5. The molecule has 0 atom stereocenters. The van der Waals surface area contributed by atoms with E-state index in [-0.39, 0.29) is 30.8 Å². The maximum absolute atomic E-state index is 12.5. The Morgan fingerprint density at radius 1 is 0.718 bits per heavy atom. The summed E-state index contributed by atoms with van der Waals surface area (Å²) >= 11 is 0. The van der Waals surface area contributed by atoms with Crippen LogP contribution in [-0.4, -0.2) is 87.8 Å². The van der Waals surface area contributed by atoms with E-state index in [0.29, 0.717) is 75.5 Å². The van der Waals surface area contributed by atoms with E-state index in [2.05, 4.69) is 10.6 Å². The summed E-state index contributed by atoms with van der Waals surface area (Å²) in [6.45, 7) is 7.19. The lowest BCUT2D eigenvalue weighted by Crippen LogP contribution is -2.32. The van der Waals surface area contributed by atoms with E-state index in [1.165, 1.54) is 6.92 Å². The van der Waals surface area contributed by atoms with Gasteiger partial charge in [-0.05, 0) is 31.9 Å². The maximum atomic E-state index is 12.5. The van der Waals surface area contributed by atoms with Crippen molar-refractivity contribution >= 4 is 23.7 Å². The highest BCUT2D eigenvalue weighted by molar-refractivity contribution is 6.09. The van der Waals surface area contributed by atoms with Crippen molar-refractivity contribution < 1.29 is 33.4 Å². The largest absolute Gasteiger partial charge is 0.447 e. The third-order valence-electron chi connectivity index (χ3n) is 5.72. The Labute approximate surface area is 230 Å². The van der Waals surface area contributed by atoms with Crippen LogP contribution in [0.3, 0.4) is 0 Å². The first-order valence-electron chi connectivity index (χ1n) is 13.2. The molecule has 0 bridgehead atoms. The van der Waals surface area contributed by atoms with Crippen LogP contribution in [0.4, 0.5) is 4.79 Å². The van der Waals surface area contributed by atoms with Crippen LogP contribution in [0.1, 0.15) is 53.0 Å². The van der Waals surface area contributed by atoms with Gasteiger partial charge < -0.3 is 29.7 Å². The molecule has 0 radical (unpaired) electrons. The van der Waals surface area contributed by atoms with Gasteiger partial charge in [0.1, 0.15) is 6.61 Å². The first kappa shape index (κ1) is 31.5. The molecular formula is C29H39N3O7. The number of hydrogen-bond donors (Lipinski definition) is 2. The quantitative estimate of drug-likeness (QED) is 0.220. The van der Waals surface area contributed by atoms with Crippen molar-refractivity contribution in [3.8, 4) is 0 Å². The summed E-state index contributed by atoms with van der Waals surface area (Å²) in [5, 5.41) is 5.48. The highest BCUT2D eigenvalue weighted by atomic mass is 16.6. The zero-order valence-corrected chi connectivity index (χ0v) is 22.8. The molecule has 0 aromatic heterocycles. The molecule has 0 saturated heterocycles. The Hall–Kier alpha value is -3.76. The number of nitrogens with one attached hydrogen (secondary N) is 2. The SMILES string of the molecule is CCN(CCOCCOC(=O)NCCCOCCCNC(=O)c1ccc(C(=O)c2ccccc2)cc1)C(C)=O. The fraction of sp³-hybridized carbons (Fsp3) is 0.448. The molecule has 10 nitrogen and oxygen atoms in total. The van der Waals surface area contributed by atoms with E-state index in [1.807, 2.05) is 25.1 Å². The number of ether oxygens (including phenoxy) is 3. The van der Waals surface area contributed by atoms with Crippen LogP contribution in [0.5, 0.6) is 0 Å². The molecule has 0 heterocycles. The van der Waals surface area contributed by atoms with E-state index in [1.54, 1.807) is 41.3 Å². The average molecular weight is 542 g/mol. The second kappa shape index (κ2) is 18.5. The minimum absolute atomic E-state index is 0.00415. The first-order chi connectivity index (χ1) is 18.9. The molecule has 0 unspecified atom stereocenters. The minimum atomic E-state index is -0.516. The van der Waals surface area contributed by atoms with Crippen LogP contribution in [0, 0.1) is 0 Å². The Kier molecular flexibility index (Phi) is 14.9. The molecule has 2 rings (SSSR count). The average Bonchev–Trinajstić information content (AvgIpc) is 2.95. The van der Waals surface area contributed by atoms with Gasteiger partial charge in [-0.3, -0.25) is 14.4 Å². The predicted octanol–water partition coefficient (Wildman–Crippen LogP) is 3.06. The van der Waals surface area contributed by atoms with Crippen molar-refractivity contribution in [3.63, 3.8) is 0 Å². The van der Waals surface area contributed by atoms with E-state index < -0.39 is 6.09 Å². The second-order valence-corrected chi connectivity index (χ2v) is 8.62. The van der Waals surface area contributed by atoms with E-state index in [0.717, 1.165) is 0 Å². The molecule has 212 valence electrons. The van der Waals surface area contributed by atoms with Gasteiger partial charge in [-0.15, -0.1) is 0 Å². The summed E-state index contributed by atoms with van der Waals surface area (Å²) in [4.78, 5) is 49.4. The van der Waals surface area contributed by atoms with Crippen molar-refractivity contribution in [1.82, 2.24) is 15.5 Å². The fourth-order valence-corrected chi connectivity index (χ4v) is 3.53. The van der Waals surface area contributed by atoms with Gasteiger partial charge in [-0.25, -0.2) is 4.79 Å². The third kappa shape index (κ3) is 12.6. The highest BCUT2D eigenvalue weighted by Crippen LogP contribution is 2.11. The van der Waals surface area contributed by atoms with Crippen LogP contribution in [0.25, 0.3) is 0 Å². The zero-order chi connectivity index (χ0) is 28.3. The first-order valence-corrected chi connectivity index (χ1v) is 13.2. The van der Waals surface area contributed by atoms with Crippen LogP contribution < -0.4 is 10.6 Å². The third-order valence-corrected chi connectivity index (χ3v) is 5.72. The smallest absolute Gasteiger partial charge is 0.407 e. The predicted molar refractivity (Wildman–Crippen MR) is 147 cm³/mol. The molecule has 0 aliphatic carbocycles. The van der Waals surface area contributed by atoms with Gasteiger partial charge in [0, 0.05) is 63.0 Å². The van der Waals surface area contributed by atoms with Gasteiger partial charge in [0.25, 0.3) is 5.91 Å². The van der Waals surface area contributed by atoms with Gasteiger partial charge in [0.15, 0.2) is 5.78 Å². The molecule has 0 aliphatic rings. The van der Waals surface area contributed by atoms with Crippen molar-refractivity contribution in [2.45, 2.75) is 26.7 Å². The van der Waals surface area contributed by atoms with Crippen LogP contribution in [-0.2, 0) is 19.0 Å². The summed E-state index contributed by atoms with van der Waals surface area (Å²) in [5.41, 5.74) is 1.62. The summed E-state index contributed by atoms with van der Waals surface area (Å²) in [7, 11) is 0. The number of hydrogen-bond acceptors (Lipinski definition) is 7. The van der Waals surface area contributed by atoms with Crippen molar-refractivity contribution in [2.75, 3.05) is 59.2 Å². The lowest BCUT2D eigenvalue weighted by atomic mass is 10.0. The molecule has 2 N–H and O–H groups in total. The molecular weight excluding hydrogens is 502 g/mol. The monoisotopic (exact) mass is 541 g/mol. The molecule has 0 aliphatic heterocycles. The fourth-order valence-electron chi connectivity index (χ4n) is 3.53. The Morgan fingerprint density at radius 3 is 1.95 bits per heavy atom. The number of nitrogens with zero attached hydrogens (tertiary/aromatic N) is 1. The molecule has 3 amide bonds. The van der Waals surface area contributed by atoms with Crippen LogP contribution >= 0.6 is 0 Å². The lowest BCUT2D eigenvalue weighted by molar-refractivity contribution is -0.129. The molecule has 2 aromatic carbocycles. The number of alkyl carbamates (subject to hydrolysis) is 1. The molecule has 0 fully saturated rings. The second-order valence-electron chi connectivity index (χ2n) is 8.62. The molecule has 0 spiro atoms. The molecule has 0 saturated carbocycles. The number of benzene rings is 2. The highest BCUT2D eigenvalue weighted by Gasteiger charge is 2.10. The standard InChI is InChI=1S/C29H39N3O7/c1-3-32(23(2)33)17-20-38-21-22-39-29(36)31-16-8-19-37-18-7-15-30-28(35)26-13-11-25(12-14-26)27(34)24-9-5-4-6-10-24/h4-6,9-14H,3,7-8,15-22H2,1-2H3,(H,30,35)(H,31,36). The van der Waals surface area contributed by atoms with Crippen LogP contribution in [0.2, 0.25) is 0 Å². The topological polar surface area (TPSA) is 123 Å². The Morgan fingerprint density at radius 2 is 1.31 bits per heavy atom. The van der Waals surface area contributed by atoms with E-state index >= 15 is 0 Å². The van der Waals surface area contributed by atoms with E-state index in [4.69, 9.17) is 14.2 Å².